The standard InChI is InChI=1S/C19H19N3O3/c23-19(15-6-8-16(9-7-15)22(24)25)21-13-17-10-18(21)12-20(17)11-14-4-2-1-3-5-14/h1-9,17-18H,10-13H2. The average Bonchev–Trinajstić information content (AvgIpc) is 3.22. The minimum Gasteiger partial charge on any atom is -0.333 e. The number of non-ortho nitro benzene ring substituents is 1. The first-order valence-corrected chi connectivity index (χ1v) is 8.45. The molecule has 4 rings (SSSR count). The summed E-state index contributed by atoms with van der Waals surface area (Å²) in [7, 11) is 0. The molecule has 25 heavy (non-hydrogen) atoms. The summed E-state index contributed by atoms with van der Waals surface area (Å²) in [6.45, 7) is 2.53. The minimum absolute atomic E-state index is 0.00790. The lowest BCUT2D eigenvalue weighted by molar-refractivity contribution is -0.384. The Hall–Kier alpha value is -2.73. The van der Waals surface area contributed by atoms with E-state index >= 15 is 0 Å². The number of nitro benzene ring substituents is 1. The highest BCUT2D eigenvalue weighted by molar-refractivity contribution is 5.95. The molecule has 2 aromatic carbocycles. The Kier molecular flexibility index (Phi) is 3.97. The molecule has 2 atom stereocenters. The maximum atomic E-state index is 12.7. The molecule has 2 bridgehead atoms. The number of likely N-dealkylation sites (tertiary alicyclic amines) is 2. The molecule has 6 heteroatoms. The van der Waals surface area contributed by atoms with Crippen LogP contribution in [-0.2, 0) is 6.54 Å². The number of fused-ring (bicyclic) bond motifs is 2. The number of nitro groups is 1. The van der Waals surface area contributed by atoms with Gasteiger partial charge in [-0.2, -0.15) is 0 Å². The molecular weight excluding hydrogens is 318 g/mol. The van der Waals surface area contributed by atoms with E-state index < -0.39 is 4.92 Å². The molecule has 1 amide bonds. The van der Waals surface area contributed by atoms with Crippen molar-refractivity contribution in [1.29, 1.82) is 0 Å². The summed E-state index contributed by atoms with van der Waals surface area (Å²) in [6, 6.07) is 16.9. The van der Waals surface area contributed by atoms with Gasteiger partial charge in [-0.05, 0) is 24.1 Å². The first-order chi connectivity index (χ1) is 12.1. The Balaban J connectivity index is 1.41. The molecule has 2 saturated heterocycles. The van der Waals surface area contributed by atoms with E-state index in [0.717, 1.165) is 26.1 Å². The monoisotopic (exact) mass is 337 g/mol. The lowest BCUT2D eigenvalue weighted by atomic mass is 10.1. The second-order valence-corrected chi connectivity index (χ2v) is 6.72. The van der Waals surface area contributed by atoms with E-state index in [1.54, 1.807) is 12.1 Å². The van der Waals surface area contributed by atoms with E-state index in [1.807, 2.05) is 23.1 Å². The maximum Gasteiger partial charge on any atom is 0.269 e. The summed E-state index contributed by atoms with van der Waals surface area (Å²) < 4.78 is 0. The van der Waals surface area contributed by atoms with Crippen LogP contribution in [0.5, 0.6) is 0 Å². The Labute approximate surface area is 145 Å². The van der Waals surface area contributed by atoms with Crippen LogP contribution in [0.4, 0.5) is 5.69 Å². The molecule has 2 aromatic rings. The van der Waals surface area contributed by atoms with E-state index in [9.17, 15) is 14.9 Å². The normalized spacial score (nSPS) is 22.3. The molecule has 6 nitrogen and oxygen atoms in total. The van der Waals surface area contributed by atoms with Crippen LogP contribution in [0.2, 0.25) is 0 Å². The van der Waals surface area contributed by atoms with E-state index in [2.05, 4.69) is 17.0 Å². The van der Waals surface area contributed by atoms with Gasteiger partial charge in [0.2, 0.25) is 0 Å². The number of carbonyl (C=O) groups excluding carboxylic acids is 1. The van der Waals surface area contributed by atoms with Crippen molar-refractivity contribution in [3.05, 3.63) is 75.8 Å². The van der Waals surface area contributed by atoms with Crippen LogP contribution < -0.4 is 0 Å². The lowest BCUT2D eigenvalue weighted by Crippen LogP contribution is -2.48. The topological polar surface area (TPSA) is 66.7 Å². The second-order valence-electron chi connectivity index (χ2n) is 6.72. The number of hydrogen-bond donors (Lipinski definition) is 0. The van der Waals surface area contributed by atoms with E-state index in [-0.39, 0.29) is 17.6 Å². The number of benzene rings is 2. The highest BCUT2D eigenvalue weighted by atomic mass is 16.6. The first kappa shape index (κ1) is 15.8. The van der Waals surface area contributed by atoms with E-state index in [4.69, 9.17) is 0 Å². The number of nitrogens with zero attached hydrogens (tertiary/aromatic N) is 3. The lowest BCUT2D eigenvalue weighted by Gasteiger charge is -2.34. The molecule has 0 N–H and O–H groups in total. The van der Waals surface area contributed by atoms with Crippen molar-refractivity contribution in [2.24, 2.45) is 0 Å². The van der Waals surface area contributed by atoms with Crippen molar-refractivity contribution in [3.63, 3.8) is 0 Å². The van der Waals surface area contributed by atoms with Gasteiger partial charge in [-0.3, -0.25) is 19.8 Å². The zero-order valence-electron chi connectivity index (χ0n) is 13.7. The summed E-state index contributed by atoms with van der Waals surface area (Å²) in [6.07, 6.45) is 1.01. The highest BCUT2D eigenvalue weighted by Gasteiger charge is 2.45. The van der Waals surface area contributed by atoms with Crippen LogP contribution in [0.25, 0.3) is 0 Å². The van der Waals surface area contributed by atoms with Gasteiger partial charge in [0.05, 0.1) is 4.92 Å². The third-order valence-electron chi connectivity index (χ3n) is 5.17. The van der Waals surface area contributed by atoms with Crippen LogP contribution in [0.1, 0.15) is 22.3 Å². The van der Waals surface area contributed by atoms with Crippen molar-refractivity contribution < 1.29 is 9.72 Å². The number of hydrogen-bond acceptors (Lipinski definition) is 4. The van der Waals surface area contributed by atoms with Crippen molar-refractivity contribution in [3.8, 4) is 0 Å². The quantitative estimate of drug-likeness (QED) is 0.635. The Bertz CT molecular complexity index is 791. The van der Waals surface area contributed by atoms with Crippen molar-refractivity contribution in [2.45, 2.75) is 25.0 Å². The third-order valence-corrected chi connectivity index (χ3v) is 5.17. The van der Waals surface area contributed by atoms with Crippen molar-refractivity contribution in [1.82, 2.24) is 9.80 Å². The second kappa shape index (κ2) is 6.29. The van der Waals surface area contributed by atoms with Crippen LogP contribution >= 0.6 is 0 Å². The van der Waals surface area contributed by atoms with Gasteiger partial charge in [0.15, 0.2) is 0 Å². The van der Waals surface area contributed by atoms with Gasteiger partial charge < -0.3 is 4.90 Å². The molecule has 0 aromatic heterocycles. The van der Waals surface area contributed by atoms with Crippen LogP contribution in [0.3, 0.4) is 0 Å². The summed E-state index contributed by atoms with van der Waals surface area (Å²) in [5.74, 6) is -0.0261. The van der Waals surface area contributed by atoms with Crippen molar-refractivity contribution >= 4 is 11.6 Å². The van der Waals surface area contributed by atoms with Gasteiger partial charge in [0.1, 0.15) is 0 Å². The molecule has 2 aliphatic rings. The number of rotatable bonds is 4. The van der Waals surface area contributed by atoms with Crippen LogP contribution in [0.15, 0.2) is 54.6 Å². The largest absolute Gasteiger partial charge is 0.333 e. The summed E-state index contributed by atoms with van der Waals surface area (Å²) >= 11 is 0. The van der Waals surface area contributed by atoms with Gasteiger partial charge in [0, 0.05) is 49.4 Å². The molecular formula is C19H19N3O3. The fraction of sp³-hybridized carbons (Fsp3) is 0.316. The number of piperazine rings is 1. The maximum absolute atomic E-state index is 12.7. The Morgan fingerprint density at radius 3 is 2.36 bits per heavy atom. The zero-order chi connectivity index (χ0) is 17.4. The predicted molar refractivity (Wildman–Crippen MR) is 93.2 cm³/mol. The molecule has 0 saturated carbocycles. The molecule has 2 aliphatic heterocycles. The Morgan fingerprint density at radius 2 is 1.76 bits per heavy atom. The average molecular weight is 337 g/mol. The molecule has 128 valence electrons. The van der Waals surface area contributed by atoms with Gasteiger partial charge in [-0.15, -0.1) is 0 Å². The molecule has 0 aliphatic carbocycles. The fourth-order valence-corrected chi connectivity index (χ4v) is 3.90. The molecule has 2 heterocycles. The summed E-state index contributed by atoms with van der Waals surface area (Å²) in [5.41, 5.74) is 1.82. The number of amides is 1. The predicted octanol–water partition coefficient (Wildman–Crippen LogP) is 2.69. The third kappa shape index (κ3) is 3.00. The summed E-state index contributed by atoms with van der Waals surface area (Å²) in [4.78, 5) is 27.4. The molecule has 2 unspecified atom stereocenters. The van der Waals surface area contributed by atoms with E-state index in [0.29, 0.717) is 11.6 Å². The highest BCUT2D eigenvalue weighted by Crippen LogP contribution is 2.33. The van der Waals surface area contributed by atoms with Crippen LogP contribution in [0, 0.1) is 10.1 Å². The fourth-order valence-electron chi connectivity index (χ4n) is 3.90. The minimum atomic E-state index is -0.451. The molecule has 0 radical (unpaired) electrons. The first-order valence-electron chi connectivity index (χ1n) is 8.45. The van der Waals surface area contributed by atoms with Gasteiger partial charge >= 0.3 is 0 Å². The van der Waals surface area contributed by atoms with Gasteiger partial charge in [0.25, 0.3) is 11.6 Å². The van der Waals surface area contributed by atoms with E-state index in [1.165, 1.54) is 17.7 Å². The smallest absolute Gasteiger partial charge is 0.269 e. The summed E-state index contributed by atoms with van der Waals surface area (Å²) in [5, 5.41) is 10.7. The Morgan fingerprint density at radius 1 is 1.04 bits per heavy atom. The number of carbonyl (C=O) groups is 1. The van der Waals surface area contributed by atoms with Crippen molar-refractivity contribution in [2.75, 3.05) is 13.1 Å². The molecule has 0 spiro atoms. The SMILES string of the molecule is O=C(c1ccc([N+](=O)[O-])cc1)N1CC2CC1CN2Cc1ccccc1. The van der Waals surface area contributed by atoms with Gasteiger partial charge in [-0.1, -0.05) is 30.3 Å². The zero-order valence-corrected chi connectivity index (χ0v) is 13.7. The molecule has 2 fully saturated rings. The van der Waals surface area contributed by atoms with Gasteiger partial charge in [-0.25, -0.2) is 0 Å². The van der Waals surface area contributed by atoms with Crippen LogP contribution in [-0.4, -0.2) is 45.8 Å².